The molecule has 4 N–H and O–H groups in total. The number of anilines is 1. The number of nitrogens with zero attached hydrogens (tertiary/aromatic N) is 3. The Labute approximate surface area is 331 Å². The van der Waals surface area contributed by atoms with Crippen LogP contribution in [0.15, 0.2) is 42.3 Å². The van der Waals surface area contributed by atoms with Gasteiger partial charge in [-0.2, -0.15) is 0 Å². The number of hydrogen-bond acceptors (Lipinski definition) is 11. The number of carbonyl (C=O) groups is 5. The van der Waals surface area contributed by atoms with Gasteiger partial charge in [-0.15, -0.1) is 17.9 Å². The molecule has 6 unspecified atom stereocenters. The van der Waals surface area contributed by atoms with Gasteiger partial charge in [0.05, 0.1) is 32.0 Å². The summed E-state index contributed by atoms with van der Waals surface area (Å²) in [4.78, 5) is 77.7. The summed E-state index contributed by atoms with van der Waals surface area (Å²) in [5, 5.41) is 14.2. The zero-order valence-corrected chi connectivity index (χ0v) is 34.5. The molecular weight excluding hydrogens is 739 g/mol. The quantitative estimate of drug-likeness (QED) is 0.143. The van der Waals surface area contributed by atoms with Gasteiger partial charge in [0.1, 0.15) is 40.9 Å². The van der Waals surface area contributed by atoms with Crippen LogP contribution in [-0.2, 0) is 23.9 Å². The average Bonchev–Trinajstić information content (AvgIpc) is 3.40. The number of amides is 5. The van der Waals surface area contributed by atoms with Crippen LogP contribution in [0.5, 0.6) is 11.5 Å². The zero-order chi connectivity index (χ0) is 41.3. The van der Waals surface area contributed by atoms with Crippen molar-refractivity contribution in [1.29, 1.82) is 0 Å². The van der Waals surface area contributed by atoms with E-state index in [9.17, 15) is 24.0 Å². The molecule has 1 aromatic carbocycles. The summed E-state index contributed by atoms with van der Waals surface area (Å²) in [6.45, 7) is 18.6. The zero-order valence-electron chi connectivity index (χ0n) is 33.7. The van der Waals surface area contributed by atoms with Gasteiger partial charge in [-0.25, -0.2) is 19.6 Å². The van der Waals surface area contributed by atoms with Gasteiger partial charge in [0.25, 0.3) is 0 Å². The van der Waals surface area contributed by atoms with Crippen LogP contribution in [0.3, 0.4) is 0 Å². The fourth-order valence-electron chi connectivity index (χ4n) is 6.57. The van der Waals surface area contributed by atoms with Gasteiger partial charge in [-0.05, 0) is 36.3 Å². The summed E-state index contributed by atoms with van der Waals surface area (Å²) in [5.41, 5.74) is -0.798. The molecule has 1 aliphatic carbocycles. The highest BCUT2D eigenvalue weighted by molar-refractivity contribution is 7.14. The number of pyridine rings is 1. The third-order valence-electron chi connectivity index (χ3n) is 10.4. The van der Waals surface area contributed by atoms with Crippen LogP contribution in [0, 0.1) is 16.7 Å². The molecule has 6 atom stereocenters. The Morgan fingerprint density at radius 1 is 1.02 bits per heavy atom. The number of nitrogens with one attached hydrogen (secondary N) is 4. The molecule has 5 rings (SSSR count). The lowest BCUT2D eigenvalue weighted by Gasteiger charge is -2.36. The number of hydrogen-bond donors (Lipinski definition) is 4. The van der Waals surface area contributed by atoms with E-state index in [4.69, 9.17) is 19.2 Å². The fraction of sp³-hybridized carbons (Fsp3) is 0.525. The molecule has 3 heterocycles. The molecule has 2 aliphatic rings. The van der Waals surface area contributed by atoms with Gasteiger partial charge in [0.15, 0.2) is 5.13 Å². The third-order valence-corrected chi connectivity index (χ3v) is 11.2. The molecule has 1 saturated heterocycles. The topological polar surface area (TPSA) is 190 Å². The molecule has 3 aromatic rings. The summed E-state index contributed by atoms with van der Waals surface area (Å²) >= 11 is 1.25. The number of fused-ring (bicyclic) bond motifs is 1. The molecule has 1 saturated carbocycles. The van der Waals surface area contributed by atoms with Crippen molar-refractivity contribution in [1.82, 2.24) is 30.8 Å². The van der Waals surface area contributed by atoms with Crippen LogP contribution in [0.2, 0.25) is 0 Å². The Hall–Kier alpha value is -5.25. The molecule has 56 heavy (non-hydrogen) atoms. The van der Waals surface area contributed by atoms with Gasteiger partial charge in [-0.3, -0.25) is 14.4 Å². The first-order chi connectivity index (χ1) is 26.2. The largest absolute Gasteiger partial charge is 0.497 e. The van der Waals surface area contributed by atoms with Crippen molar-refractivity contribution in [3.63, 3.8) is 0 Å². The Kier molecular flexibility index (Phi) is 12.0. The monoisotopic (exact) mass is 791 g/mol. The predicted octanol–water partition coefficient (Wildman–Crippen LogP) is 5.06. The van der Waals surface area contributed by atoms with Crippen LogP contribution in [0.1, 0.15) is 68.2 Å². The predicted molar refractivity (Wildman–Crippen MR) is 213 cm³/mol. The van der Waals surface area contributed by atoms with Crippen molar-refractivity contribution < 1.29 is 38.2 Å². The second-order valence-corrected chi connectivity index (χ2v) is 17.5. The number of rotatable bonds is 12. The summed E-state index contributed by atoms with van der Waals surface area (Å²) in [6.07, 6.45) is 1.26. The van der Waals surface area contributed by atoms with Gasteiger partial charge < -0.3 is 40.4 Å². The van der Waals surface area contributed by atoms with Crippen LogP contribution in [0.25, 0.3) is 22.3 Å². The number of ether oxygens (including phenoxy) is 3. The van der Waals surface area contributed by atoms with Gasteiger partial charge in [-0.1, -0.05) is 47.6 Å². The minimum atomic E-state index is -1.30. The molecule has 2 aromatic heterocycles. The normalized spacial score (nSPS) is 21.7. The molecule has 5 amide bonds. The second kappa shape index (κ2) is 16.1. The Morgan fingerprint density at radius 2 is 1.73 bits per heavy atom. The van der Waals surface area contributed by atoms with Gasteiger partial charge in [0, 0.05) is 48.2 Å². The van der Waals surface area contributed by atoms with Crippen molar-refractivity contribution in [2.24, 2.45) is 16.7 Å². The standard InChI is InChI=1S/C40H53N7O8S/c1-12-23-18-40(23,35(51)54-11)46-33(49)30-16-25(19-47(30)34(50)32(39(7,8)9)45-36(52)41-21(2)38(4,5)6)55-31-17-28(29-20-56-37(44-29)42-22(3)48)43-27-15-24(53-10)13-14-26(27)31/h12-15,17,20-21,23,25,30,32H,1,16,18-19H2,2-11H3,(H,46,49)(H2,41,45,52)(H,42,44,48). The first kappa shape index (κ1) is 41.9. The summed E-state index contributed by atoms with van der Waals surface area (Å²) in [6, 6.07) is 4.23. The van der Waals surface area contributed by atoms with E-state index in [-0.39, 0.29) is 36.2 Å². The lowest BCUT2D eigenvalue weighted by atomic mass is 9.85. The Morgan fingerprint density at radius 3 is 2.32 bits per heavy atom. The minimum Gasteiger partial charge on any atom is -0.497 e. The average molecular weight is 792 g/mol. The van der Waals surface area contributed by atoms with Gasteiger partial charge in [0.2, 0.25) is 17.7 Å². The summed E-state index contributed by atoms with van der Waals surface area (Å²) in [7, 11) is 2.81. The van der Waals surface area contributed by atoms with E-state index in [1.54, 1.807) is 36.8 Å². The first-order valence-corrected chi connectivity index (χ1v) is 19.4. The number of aromatic nitrogens is 2. The highest BCUT2D eigenvalue weighted by atomic mass is 32.1. The summed E-state index contributed by atoms with van der Waals surface area (Å²) in [5.74, 6) is -1.26. The maximum atomic E-state index is 14.7. The van der Waals surface area contributed by atoms with E-state index in [1.807, 2.05) is 54.5 Å². The lowest BCUT2D eigenvalue weighted by molar-refractivity contribution is -0.148. The van der Waals surface area contributed by atoms with E-state index in [0.717, 1.165) is 0 Å². The molecule has 1 aliphatic heterocycles. The van der Waals surface area contributed by atoms with Crippen LogP contribution in [0.4, 0.5) is 9.93 Å². The summed E-state index contributed by atoms with van der Waals surface area (Å²) < 4.78 is 17.2. The minimum absolute atomic E-state index is 0.0139. The number of benzene rings is 1. The molecular formula is C40H53N7O8S. The van der Waals surface area contributed by atoms with E-state index in [1.165, 1.54) is 30.3 Å². The van der Waals surface area contributed by atoms with Crippen molar-refractivity contribution in [3.8, 4) is 22.9 Å². The molecule has 15 nitrogen and oxygen atoms in total. The first-order valence-electron chi connectivity index (χ1n) is 18.5. The Bertz CT molecular complexity index is 2020. The molecule has 302 valence electrons. The van der Waals surface area contributed by atoms with E-state index in [0.29, 0.717) is 45.3 Å². The molecule has 2 fully saturated rings. The van der Waals surface area contributed by atoms with E-state index >= 15 is 0 Å². The van der Waals surface area contributed by atoms with Crippen molar-refractivity contribution in [3.05, 3.63) is 42.3 Å². The van der Waals surface area contributed by atoms with Crippen molar-refractivity contribution in [2.45, 2.75) is 98.0 Å². The Balaban J connectivity index is 1.51. The van der Waals surface area contributed by atoms with Crippen molar-refractivity contribution >= 4 is 57.1 Å². The maximum Gasteiger partial charge on any atom is 0.332 e. The molecule has 0 spiro atoms. The smallest absolute Gasteiger partial charge is 0.332 e. The number of esters is 1. The maximum absolute atomic E-state index is 14.7. The highest BCUT2D eigenvalue weighted by Gasteiger charge is 2.62. The lowest BCUT2D eigenvalue weighted by Crippen LogP contribution is -2.61. The fourth-order valence-corrected chi connectivity index (χ4v) is 7.32. The number of methoxy groups -OCH3 is 2. The highest BCUT2D eigenvalue weighted by Crippen LogP contribution is 2.46. The van der Waals surface area contributed by atoms with Crippen molar-refractivity contribution in [2.75, 3.05) is 26.1 Å². The molecule has 0 bridgehead atoms. The number of thiazole rings is 1. The molecule has 16 heteroatoms. The number of carbonyl (C=O) groups excluding carboxylic acids is 5. The van der Waals surface area contributed by atoms with Gasteiger partial charge >= 0.3 is 12.0 Å². The number of likely N-dealkylation sites (tertiary alicyclic amines) is 1. The third kappa shape index (κ3) is 9.06. The van der Waals surface area contributed by atoms with E-state index in [2.05, 4.69) is 32.8 Å². The van der Waals surface area contributed by atoms with Crippen LogP contribution < -0.4 is 30.7 Å². The SMILES string of the molecule is C=CC1CC1(NC(=O)C1CC(Oc2cc(-c3csc(NC(C)=O)n3)nc3cc(OC)ccc23)CN1C(=O)C(NC(=O)NC(C)C(C)(C)C)C(C)(C)C)C(=O)OC. The van der Waals surface area contributed by atoms with E-state index < -0.39 is 53.0 Å². The molecule has 0 radical (unpaired) electrons. The van der Waals surface area contributed by atoms with Crippen LogP contribution >= 0.6 is 11.3 Å². The second-order valence-electron chi connectivity index (χ2n) is 16.6. The number of urea groups is 1. The van der Waals surface area contributed by atoms with Crippen LogP contribution in [-0.4, -0.2) is 95.1 Å².